The van der Waals surface area contributed by atoms with Gasteiger partial charge in [0.1, 0.15) is 0 Å². The maximum Gasteiger partial charge on any atom is 0.271 e. The minimum absolute atomic E-state index is 0.206. The Morgan fingerprint density at radius 2 is 1.90 bits per heavy atom. The first-order valence-corrected chi connectivity index (χ1v) is 7.42. The molecule has 3 rings (SSSR count). The van der Waals surface area contributed by atoms with Crippen molar-refractivity contribution in [3.8, 4) is 11.5 Å². The number of benzene rings is 1. The molecule has 0 saturated heterocycles. The average molecular weight is 288 g/mol. The Hall–Kier alpha value is -2.04. The van der Waals surface area contributed by atoms with Gasteiger partial charge < -0.3 is 9.47 Å². The Balaban J connectivity index is 1.71. The highest BCUT2D eigenvalue weighted by Gasteiger charge is 2.23. The van der Waals surface area contributed by atoms with Gasteiger partial charge in [0, 0.05) is 11.3 Å². The van der Waals surface area contributed by atoms with E-state index in [0.29, 0.717) is 28.9 Å². The molecule has 1 amide bonds. The molecule has 5 heteroatoms. The molecule has 2 atom stereocenters. The lowest BCUT2D eigenvalue weighted by Gasteiger charge is -2.26. The highest BCUT2D eigenvalue weighted by Crippen LogP contribution is 2.32. The van der Waals surface area contributed by atoms with Crippen molar-refractivity contribution in [2.45, 2.75) is 33.1 Å². The molecule has 2 aliphatic rings. The standard InChI is InChI=1S/C16H20N2O3/c1-10-4-3-5-11(2)15(10)17-18-16(19)12-6-7-13-14(8-12)21-9-20-13/h6-8,10-11H,3-5,9H2,1-2H3,(H,18,19)/t10-,11+. The molecule has 0 unspecified atom stereocenters. The summed E-state index contributed by atoms with van der Waals surface area (Å²) in [6.07, 6.45) is 3.52. The van der Waals surface area contributed by atoms with Crippen molar-refractivity contribution >= 4 is 11.6 Å². The lowest BCUT2D eigenvalue weighted by Crippen LogP contribution is -2.29. The Labute approximate surface area is 124 Å². The summed E-state index contributed by atoms with van der Waals surface area (Å²) in [6.45, 7) is 4.54. The van der Waals surface area contributed by atoms with Gasteiger partial charge in [-0.15, -0.1) is 0 Å². The van der Waals surface area contributed by atoms with Gasteiger partial charge in [0.15, 0.2) is 11.5 Å². The molecule has 0 spiro atoms. The van der Waals surface area contributed by atoms with Gasteiger partial charge in [0.05, 0.1) is 0 Å². The molecule has 1 fully saturated rings. The molecule has 1 heterocycles. The fraction of sp³-hybridized carbons (Fsp3) is 0.500. The third-order valence-electron chi connectivity index (χ3n) is 4.21. The van der Waals surface area contributed by atoms with Gasteiger partial charge in [-0.25, -0.2) is 5.43 Å². The van der Waals surface area contributed by atoms with Crippen LogP contribution < -0.4 is 14.9 Å². The van der Waals surface area contributed by atoms with Crippen LogP contribution in [0.25, 0.3) is 0 Å². The van der Waals surface area contributed by atoms with E-state index in [9.17, 15) is 4.79 Å². The van der Waals surface area contributed by atoms with Crippen molar-refractivity contribution in [1.82, 2.24) is 5.43 Å². The van der Waals surface area contributed by atoms with Crippen LogP contribution in [0.15, 0.2) is 23.3 Å². The molecule has 1 saturated carbocycles. The van der Waals surface area contributed by atoms with E-state index in [1.807, 2.05) is 0 Å². The number of rotatable bonds is 2. The average Bonchev–Trinajstić information content (AvgIpc) is 2.93. The van der Waals surface area contributed by atoms with Gasteiger partial charge in [0.25, 0.3) is 5.91 Å². The first kappa shape index (κ1) is 13.9. The number of carbonyl (C=O) groups is 1. The van der Waals surface area contributed by atoms with E-state index in [1.165, 1.54) is 6.42 Å². The second-order valence-corrected chi connectivity index (χ2v) is 5.78. The molecule has 0 aromatic heterocycles. The summed E-state index contributed by atoms with van der Waals surface area (Å²) >= 11 is 0. The van der Waals surface area contributed by atoms with Gasteiger partial charge in [-0.3, -0.25) is 4.79 Å². The summed E-state index contributed by atoms with van der Waals surface area (Å²) in [6, 6.07) is 5.15. The maximum absolute atomic E-state index is 12.2. The van der Waals surface area contributed by atoms with Gasteiger partial charge in [-0.05, 0) is 42.9 Å². The van der Waals surface area contributed by atoms with Crippen molar-refractivity contribution in [3.05, 3.63) is 23.8 Å². The Kier molecular flexibility index (Phi) is 3.82. The number of hydrogen-bond donors (Lipinski definition) is 1. The minimum atomic E-state index is -0.217. The summed E-state index contributed by atoms with van der Waals surface area (Å²) in [4.78, 5) is 12.2. The van der Waals surface area contributed by atoms with Crippen molar-refractivity contribution in [3.63, 3.8) is 0 Å². The van der Waals surface area contributed by atoms with Crippen LogP contribution in [0.5, 0.6) is 11.5 Å². The fourth-order valence-corrected chi connectivity index (χ4v) is 2.95. The van der Waals surface area contributed by atoms with Gasteiger partial charge in [-0.1, -0.05) is 20.3 Å². The summed E-state index contributed by atoms with van der Waals surface area (Å²) in [5.74, 6) is 1.93. The van der Waals surface area contributed by atoms with Crippen LogP contribution in [0, 0.1) is 11.8 Å². The van der Waals surface area contributed by atoms with Crippen molar-refractivity contribution in [1.29, 1.82) is 0 Å². The summed E-state index contributed by atoms with van der Waals surface area (Å²) in [7, 11) is 0. The maximum atomic E-state index is 12.2. The molecular weight excluding hydrogens is 268 g/mol. The SMILES string of the molecule is C[C@@H]1CCC[C@H](C)C1=NNC(=O)c1ccc2c(c1)OCO2. The van der Waals surface area contributed by atoms with E-state index in [4.69, 9.17) is 9.47 Å². The summed E-state index contributed by atoms with van der Waals surface area (Å²) < 4.78 is 10.5. The third kappa shape index (κ3) is 2.86. The second-order valence-electron chi connectivity index (χ2n) is 5.78. The van der Waals surface area contributed by atoms with Gasteiger partial charge in [0.2, 0.25) is 6.79 Å². The third-order valence-corrected chi connectivity index (χ3v) is 4.21. The normalized spacial score (nSPS) is 25.9. The van der Waals surface area contributed by atoms with E-state index < -0.39 is 0 Å². The Morgan fingerprint density at radius 1 is 1.19 bits per heavy atom. The van der Waals surface area contributed by atoms with E-state index in [2.05, 4.69) is 24.4 Å². The first-order chi connectivity index (χ1) is 10.1. The molecule has 0 radical (unpaired) electrons. The molecule has 1 aromatic carbocycles. The monoisotopic (exact) mass is 288 g/mol. The predicted octanol–water partition coefficient (Wildman–Crippen LogP) is 2.96. The molecule has 112 valence electrons. The smallest absolute Gasteiger partial charge is 0.271 e. The number of hydrogen-bond acceptors (Lipinski definition) is 4. The van der Waals surface area contributed by atoms with E-state index in [-0.39, 0.29) is 12.7 Å². The van der Waals surface area contributed by atoms with Gasteiger partial charge in [-0.2, -0.15) is 5.10 Å². The van der Waals surface area contributed by atoms with Crippen molar-refractivity contribution in [2.24, 2.45) is 16.9 Å². The summed E-state index contributed by atoms with van der Waals surface area (Å²) in [5.41, 5.74) is 4.29. The molecule has 0 bridgehead atoms. The second kappa shape index (κ2) is 5.76. The highest BCUT2D eigenvalue weighted by atomic mass is 16.7. The van der Waals surface area contributed by atoms with E-state index in [0.717, 1.165) is 18.6 Å². The number of carbonyl (C=O) groups excluding carboxylic acids is 1. The minimum Gasteiger partial charge on any atom is -0.454 e. The largest absolute Gasteiger partial charge is 0.454 e. The quantitative estimate of drug-likeness (QED) is 0.851. The molecule has 5 nitrogen and oxygen atoms in total. The van der Waals surface area contributed by atoms with E-state index >= 15 is 0 Å². The number of fused-ring (bicyclic) bond motifs is 1. The zero-order valence-electron chi connectivity index (χ0n) is 12.4. The van der Waals surface area contributed by atoms with Crippen LogP contribution in [0.1, 0.15) is 43.5 Å². The lowest BCUT2D eigenvalue weighted by atomic mass is 9.81. The first-order valence-electron chi connectivity index (χ1n) is 7.42. The molecule has 1 aliphatic heterocycles. The van der Waals surface area contributed by atoms with Crippen LogP contribution in [0.4, 0.5) is 0 Å². The summed E-state index contributed by atoms with van der Waals surface area (Å²) in [5, 5.41) is 4.36. The topological polar surface area (TPSA) is 59.9 Å². The zero-order chi connectivity index (χ0) is 14.8. The fourth-order valence-electron chi connectivity index (χ4n) is 2.95. The van der Waals surface area contributed by atoms with E-state index in [1.54, 1.807) is 18.2 Å². The van der Waals surface area contributed by atoms with Crippen molar-refractivity contribution < 1.29 is 14.3 Å². The Morgan fingerprint density at radius 3 is 2.67 bits per heavy atom. The molecule has 1 aromatic rings. The molecule has 21 heavy (non-hydrogen) atoms. The van der Waals surface area contributed by atoms with Crippen LogP contribution in [0.3, 0.4) is 0 Å². The zero-order valence-corrected chi connectivity index (χ0v) is 12.4. The molecule has 1 N–H and O–H groups in total. The van der Waals surface area contributed by atoms with Crippen molar-refractivity contribution in [2.75, 3.05) is 6.79 Å². The number of nitrogens with zero attached hydrogens (tertiary/aromatic N) is 1. The highest BCUT2D eigenvalue weighted by molar-refractivity contribution is 5.96. The van der Waals surface area contributed by atoms with Crippen LogP contribution >= 0.6 is 0 Å². The Bertz CT molecular complexity index is 571. The number of amides is 1. The number of ether oxygens (including phenoxy) is 2. The predicted molar refractivity (Wildman–Crippen MR) is 79.6 cm³/mol. The lowest BCUT2D eigenvalue weighted by molar-refractivity contribution is 0.0953. The molecule has 1 aliphatic carbocycles. The number of nitrogens with one attached hydrogen (secondary N) is 1. The number of hydrazone groups is 1. The van der Waals surface area contributed by atoms with Crippen LogP contribution in [-0.2, 0) is 0 Å². The van der Waals surface area contributed by atoms with Crippen LogP contribution in [0.2, 0.25) is 0 Å². The van der Waals surface area contributed by atoms with Gasteiger partial charge >= 0.3 is 0 Å². The van der Waals surface area contributed by atoms with Crippen LogP contribution in [-0.4, -0.2) is 18.4 Å². The molecular formula is C16H20N2O3.